The molecule has 3 aliphatic carbocycles. The summed E-state index contributed by atoms with van der Waals surface area (Å²) < 4.78 is 29.9. The Morgan fingerprint density at radius 3 is 2.38 bits per heavy atom. The molecule has 1 aromatic heterocycles. The SMILES string of the molecule is C=C1[C@@H]2CC[C@@]3(C)[C@H](c4ccoc4)CC(=O)[C@@H](OC(C)=O)[C@]13O[C@H]1[C@@H](OC(=O)CC(C)C)[C@@H](O)C(C)(C)[C@H](CC(=O)OC)[C@@]21C. The van der Waals surface area contributed by atoms with Crippen molar-refractivity contribution in [2.45, 2.75) is 117 Å². The molecule has 45 heavy (non-hydrogen) atoms. The van der Waals surface area contributed by atoms with E-state index in [9.17, 15) is 24.3 Å². The zero-order chi connectivity index (χ0) is 33.3. The topological polar surface area (TPSA) is 139 Å². The van der Waals surface area contributed by atoms with E-state index in [0.29, 0.717) is 18.4 Å². The average molecular weight is 629 g/mol. The molecule has 0 aromatic carbocycles. The van der Waals surface area contributed by atoms with Crippen molar-refractivity contribution in [2.24, 2.45) is 34.0 Å². The van der Waals surface area contributed by atoms with Gasteiger partial charge in [-0.2, -0.15) is 0 Å². The summed E-state index contributed by atoms with van der Waals surface area (Å²) in [6.07, 6.45) is -0.0194. The van der Waals surface area contributed by atoms with E-state index in [-0.39, 0.29) is 42.8 Å². The molecular weight excluding hydrogens is 580 g/mol. The highest BCUT2D eigenvalue weighted by molar-refractivity contribution is 5.90. The lowest BCUT2D eigenvalue weighted by Gasteiger charge is -2.73. The zero-order valence-electron chi connectivity index (χ0n) is 27.7. The molecule has 1 spiro atoms. The van der Waals surface area contributed by atoms with Gasteiger partial charge in [0.15, 0.2) is 18.0 Å². The second kappa shape index (κ2) is 11.4. The van der Waals surface area contributed by atoms with E-state index in [2.05, 4.69) is 6.58 Å². The van der Waals surface area contributed by atoms with Gasteiger partial charge in [0.1, 0.15) is 11.7 Å². The molecule has 4 aliphatic rings. The Kier molecular flexibility index (Phi) is 8.43. The highest BCUT2D eigenvalue weighted by atomic mass is 16.6. The van der Waals surface area contributed by atoms with Gasteiger partial charge in [0.2, 0.25) is 0 Å². The Hall–Kier alpha value is -2.98. The van der Waals surface area contributed by atoms with E-state index in [1.165, 1.54) is 14.0 Å². The molecule has 2 heterocycles. The minimum Gasteiger partial charge on any atom is -0.472 e. The largest absolute Gasteiger partial charge is 0.472 e. The highest BCUT2D eigenvalue weighted by Gasteiger charge is 2.78. The van der Waals surface area contributed by atoms with Crippen LogP contribution in [0, 0.1) is 34.0 Å². The van der Waals surface area contributed by atoms with Crippen LogP contribution in [0.2, 0.25) is 0 Å². The van der Waals surface area contributed by atoms with Crippen molar-refractivity contribution in [3.8, 4) is 0 Å². The lowest BCUT2D eigenvalue weighted by atomic mass is 9.39. The normalized spacial score (nSPS) is 40.3. The van der Waals surface area contributed by atoms with Crippen LogP contribution >= 0.6 is 0 Å². The first-order valence-corrected chi connectivity index (χ1v) is 16.0. The van der Waals surface area contributed by atoms with Gasteiger partial charge < -0.3 is 28.5 Å². The predicted molar refractivity (Wildman–Crippen MR) is 162 cm³/mol. The van der Waals surface area contributed by atoms with Crippen LogP contribution in [0.15, 0.2) is 35.2 Å². The fraction of sp³-hybridized carbons (Fsp3) is 0.714. The quantitative estimate of drug-likeness (QED) is 0.251. The Bertz CT molecular complexity index is 1360. The van der Waals surface area contributed by atoms with Gasteiger partial charge in [-0.3, -0.25) is 19.2 Å². The number of esters is 3. The van der Waals surface area contributed by atoms with Gasteiger partial charge in [-0.15, -0.1) is 0 Å². The number of aliphatic hydroxyl groups is 1. The molecule has 0 radical (unpaired) electrons. The molecule has 10 nitrogen and oxygen atoms in total. The van der Waals surface area contributed by atoms with Crippen LogP contribution < -0.4 is 0 Å². The summed E-state index contributed by atoms with van der Waals surface area (Å²) in [7, 11) is 1.33. The summed E-state index contributed by atoms with van der Waals surface area (Å²) in [6.45, 7) is 17.5. The third-order valence-electron chi connectivity index (χ3n) is 11.9. The molecule has 0 amide bonds. The maximum Gasteiger partial charge on any atom is 0.306 e. The third kappa shape index (κ3) is 4.80. The van der Waals surface area contributed by atoms with Crippen LogP contribution in [0.4, 0.5) is 0 Å². The maximum atomic E-state index is 14.1. The minimum atomic E-state index is -1.51. The number of fused-ring (bicyclic) bond motifs is 3. The smallest absolute Gasteiger partial charge is 0.306 e. The zero-order valence-corrected chi connectivity index (χ0v) is 27.7. The van der Waals surface area contributed by atoms with Crippen LogP contribution in [0.1, 0.15) is 92.1 Å². The van der Waals surface area contributed by atoms with Gasteiger partial charge in [0.25, 0.3) is 0 Å². The van der Waals surface area contributed by atoms with Gasteiger partial charge in [0, 0.05) is 42.9 Å². The van der Waals surface area contributed by atoms with E-state index < -0.39 is 70.1 Å². The first-order valence-electron chi connectivity index (χ1n) is 16.0. The number of Topliss-reactive ketones (excluding diaryl/α,β-unsaturated/α-hetero) is 1. The van der Waals surface area contributed by atoms with E-state index >= 15 is 0 Å². The number of aliphatic hydroxyl groups excluding tert-OH is 1. The third-order valence-corrected chi connectivity index (χ3v) is 11.9. The summed E-state index contributed by atoms with van der Waals surface area (Å²) in [5, 5.41) is 12.0. The van der Waals surface area contributed by atoms with Gasteiger partial charge in [0.05, 0.1) is 25.7 Å². The number of ether oxygens (including phenoxy) is 4. The molecule has 5 rings (SSSR count). The van der Waals surface area contributed by atoms with Crippen molar-refractivity contribution >= 4 is 23.7 Å². The van der Waals surface area contributed by atoms with Crippen LogP contribution in [0.5, 0.6) is 0 Å². The number of hydrogen-bond acceptors (Lipinski definition) is 10. The Balaban J connectivity index is 1.74. The second-order valence-electron chi connectivity index (χ2n) is 15.1. The van der Waals surface area contributed by atoms with Crippen molar-refractivity contribution in [1.29, 1.82) is 0 Å². The Labute approximate surface area is 265 Å². The van der Waals surface area contributed by atoms with Crippen molar-refractivity contribution < 1.29 is 47.6 Å². The molecule has 2 bridgehead atoms. The molecular formula is C35H48O10. The summed E-state index contributed by atoms with van der Waals surface area (Å²) in [5.41, 5.74) is -2.70. The molecule has 10 atom stereocenters. The number of hydrogen-bond donors (Lipinski definition) is 1. The summed E-state index contributed by atoms with van der Waals surface area (Å²) in [5.74, 6) is -3.03. The molecule has 1 aromatic rings. The molecule has 10 heteroatoms. The number of carbonyl (C=O) groups is 4. The standard InChI is InChI=1S/C35H48O10/c1-18(2)14-27(39)44-28-29(40)32(5,6)25(16-26(38)41-9)34(8)22-10-12-33(7)23(21-11-13-42-17-21)15-24(37)30(43-20(4)36)35(33,19(22)3)45-31(28)34/h11,13,17-18,22-23,25,28-31,40H,3,10,12,14-16H2,1-2,4-9H3/t22-,23-,25-,28-,29+,30+,31-,33-,34+,35+/m0/s1. The average Bonchev–Trinajstić information content (AvgIpc) is 3.48. The van der Waals surface area contributed by atoms with Gasteiger partial charge in [-0.05, 0) is 53.2 Å². The van der Waals surface area contributed by atoms with Crippen molar-refractivity contribution in [2.75, 3.05) is 7.11 Å². The number of furan rings is 1. The van der Waals surface area contributed by atoms with Crippen LogP contribution in [-0.4, -0.2) is 65.9 Å². The maximum absolute atomic E-state index is 14.1. The molecule has 0 unspecified atom stereocenters. The van der Waals surface area contributed by atoms with Crippen LogP contribution in [0.25, 0.3) is 0 Å². The second-order valence-corrected chi connectivity index (χ2v) is 15.1. The lowest BCUT2D eigenvalue weighted by Crippen LogP contribution is -2.79. The Morgan fingerprint density at radius 2 is 1.80 bits per heavy atom. The summed E-state index contributed by atoms with van der Waals surface area (Å²) in [6, 6.07) is 1.83. The lowest BCUT2D eigenvalue weighted by molar-refractivity contribution is -0.341. The van der Waals surface area contributed by atoms with Gasteiger partial charge in [-0.1, -0.05) is 48.1 Å². The molecule has 4 fully saturated rings. The minimum absolute atomic E-state index is 0.0121. The molecule has 1 aliphatic heterocycles. The Morgan fingerprint density at radius 1 is 1.11 bits per heavy atom. The van der Waals surface area contributed by atoms with Gasteiger partial charge in [-0.25, -0.2) is 0 Å². The van der Waals surface area contributed by atoms with E-state index in [1.807, 2.05) is 47.6 Å². The molecule has 1 N–H and O–H groups in total. The fourth-order valence-corrected chi connectivity index (χ4v) is 9.70. The van der Waals surface area contributed by atoms with Gasteiger partial charge >= 0.3 is 17.9 Å². The first-order chi connectivity index (χ1) is 21.0. The van der Waals surface area contributed by atoms with Crippen molar-refractivity contribution in [3.63, 3.8) is 0 Å². The molecule has 1 saturated heterocycles. The summed E-state index contributed by atoms with van der Waals surface area (Å²) in [4.78, 5) is 52.9. The summed E-state index contributed by atoms with van der Waals surface area (Å²) >= 11 is 0. The monoisotopic (exact) mass is 628 g/mol. The van der Waals surface area contributed by atoms with E-state index in [0.717, 1.165) is 5.56 Å². The number of methoxy groups -OCH3 is 1. The van der Waals surface area contributed by atoms with Crippen LogP contribution in [-0.2, 0) is 38.1 Å². The first kappa shape index (κ1) is 33.4. The number of rotatable bonds is 7. The number of carbonyl (C=O) groups excluding carboxylic acids is 4. The highest BCUT2D eigenvalue weighted by Crippen LogP contribution is 2.73. The van der Waals surface area contributed by atoms with Crippen molar-refractivity contribution in [1.82, 2.24) is 0 Å². The van der Waals surface area contributed by atoms with E-state index in [4.69, 9.17) is 23.4 Å². The molecule has 3 saturated carbocycles. The molecule has 248 valence electrons. The fourth-order valence-electron chi connectivity index (χ4n) is 9.70. The van der Waals surface area contributed by atoms with E-state index in [1.54, 1.807) is 12.5 Å². The predicted octanol–water partition coefficient (Wildman–Crippen LogP) is 4.92. The van der Waals surface area contributed by atoms with Crippen LogP contribution in [0.3, 0.4) is 0 Å². The van der Waals surface area contributed by atoms with Crippen molar-refractivity contribution in [3.05, 3.63) is 36.3 Å². The number of ketones is 1.